The van der Waals surface area contributed by atoms with Crippen LogP contribution in [0.5, 0.6) is 0 Å². The third-order valence-electron chi connectivity index (χ3n) is 1.85. The monoisotopic (exact) mass is 188 g/mol. The van der Waals surface area contributed by atoms with Crippen LogP contribution in [-0.4, -0.2) is 6.54 Å². The van der Waals surface area contributed by atoms with E-state index in [0.717, 1.165) is 16.8 Å². The molecule has 0 fully saturated rings. The van der Waals surface area contributed by atoms with E-state index in [-0.39, 0.29) is 0 Å². The quantitative estimate of drug-likeness (QED) is 0.336. The normalized spacial score (nSPS) is 10.1. The number of benzene rings is 1. The molecule has 0 unspecified atom stereocenters. The van der Waals surface area contributed by atoms with Crippen LogP contribution in [0.15, 0.2) is 29.4 Å². The SMILES string of the molecule is Cc1cc(C=CCN=[N+]=[N-])ccc1N. The van der Waals surface area contributed by atoms with Gasteiger partial charge in [-0.25, -0.2) is 0 Å². The Kier molecular flexibility index (Phi) is 3.58. The summed E-state index contributed by atoms with van der Waals surface area (Å²) in [6, 6.07) is 5.78. The number of aryl methyl sites for hydroxylation is 1. The molecular formula is C10H12N4. The highest BCUT2D eigenvalue weighted by Crippen LogP contribution is 2.13. The number of hydrogen-bond acceptors (Lipinski definition) is 2. The summed E-state index contributed by atoms with van der Waals surface area (Å²) in [5.41, 5.74) is 16.6. The van der Waals surface area contributed by atoms with Crippen LogP contribution in [0.3, 0.4) is 0 Å². The maximum atomic E-state index is 8.05. The fourth-order valence-electron chi connectivity index (χ4n) is 1.08. The molecular weight excluding hydrogens is 176 g/mol. The van der Waals surface area contributed by atoms with Crippen LogP contribution in [0.2, 0.25) is 0 Å². The zero-order valence-corrected chi connectivity index (χ0v) is 8.01. The number of nitrogens with zero attached hydrogens (tertiary/aromatic N) is 3. The minimum atomic E-state index is 0.375. The average molecular weight is 188 g/mol. The third-order valence-corrected chi connectivity index (χ3v) is 1.85. The van der Waals surface area contributed by atoms with E-state index in [4.69, 9.17) is 11.3 Å². The summed E-state index contributed by atoms with van der Waals surface area (Å²) in [6.07, 6.45) is 3.71. The molecule has 2 N–H and O–H groups in total. The average Bonchev–Trinajstić information content (AvgIpc) is 2.18. The Labute approximate surface area is 82.7 Å². The van der Waals surface area contributed by atoms with Crippen molar-refractivity contribution in [3.63, 3.8) is 0 Å². The number of azide groups is 1. The number of rotatable bonds is 3. The Balaban J connectivity index is 2.72. The summed E-state index contributed by atoms with van der Waals surface area (Å²) in [5.74, 6) is 0. The van der Waals surface area contributed by atoms with Crippen molar-refractivity contribution in [2.45, 2.75) is 6.92 Å². The third kappa shape index (κ3) is 2.84. The standard InChI is InChI=1S/C10H12N4/c1-8-7-9(4-5-10(8)11)3-2-6-13-14-12/h2-5,7H,6,11H2,1H3. The molecule has 14 heavy (non-hydrogen) atoms. The van der Waals surface area contributed by atoms with Crippen LogP contribution in [0, 0.1) is 6.92 Å². The van der Waals surface area contributed by atoms with E-state index in [9.17, 15) is 0 Å². The van der Waals surface area contributed by atoms with E-state index < -0.39 is 0 Å². The molecule has 1 rings (SSSR count). The fourth-order valence-corrected chi connectivity index (χ4v) is 1.08. The summed E-state index contributed by atoms with van der Waals surface area (Å²) >= 11 is 0. The van der Waals surface area contributed by atoms with Crippen LogP contribution in [0.4, 0.5) is 5.69 Å². The molecule has 4 heteroatoms. The lowest BCUT2D eigenvalue weighted by molar-refractivity contribution is 1.22. The predicted molar refractivity (Wildman–Crippen MR) is 58.6 cm³/mol. The Hall–Kier alpha value is -1.93. The number of hydrogen-bond donors (Lipinski definition) is 1. The summed E-state index contributed by atoms with van der Waals surface area (Å²) in [4.78, 5) is 2.65. The second-order valence-electron chi connectivity index (χ2n) is 2.93. The minimum absolute atomic E-state index is 0.375. The first-order chi connectivity index (χ1) is 6.74. The zero-order chi connectivity index (χ0) is 10.4. The van der Waals surface area contributed by atoms with Crippen LogP contribution in [0.25, 0.3) is 16.5 Å². The van der Waals surface area contributed by atoms with Crippen molar-refractivity contribution in [3.05, 3.63) is 45.8 Å². The molecule has 0 aliphatic rings. The lowest BCUT2D eigenvalue weighted by atomic mass is 10.1. The molecule has 0 atom stereocenters. The first kappa shape index (κ1) is 10.2. The van der Waals surface area contributed by atoms with Crippen molar-refractivity contribution >= 4 is 11.8 Å². The van der Waals surface area contributed by atoms with Crippen molar-refractivity contribution in [2.24, 2.45) is 5.11 Å². The molecule has 0 radical (unpaired) electrons. The van der Waals surface area contributed by atoms with Gasteiger partial charge in [0.05, 0.1) is 0 Å². The summed E-state index contributed by atoms with van der Waals surface area (Å²) < 4.78 is 0. The summed E-state index contributed by atoms with van der Waals surface area (Å²) in [7, 11) is 0. The first-order valence-electron chi connectivity index (χ1n) is 4.27. The smallest absolute Gasteiger partial charge is 0.0443 e. The second kappa shape index (κ2) is 4.94. The number of anilines is 1. The highest BCUT2D eigenvalue weighted by Gasteiger charge is 1.92. The van der Waals surface area contributed by atoms with Gasteiger partial charge in [-0.2, -0.15) is 0 Å². The molecule has 0 amide bonds. The highest BCUT2D eigenvalue weighted by molar-refractivity contribution is 5.57. The molecule has 0 saturated heterocycles. The van der Waals surface area contributed by atoms with Gasteiger partial charge in [-0.3, -0.25) is 0 Å². The van der Waals surface area contributed by atoms with Gasteiger partial charge in [-0.1, -0.05) is 29.4 Å². The Morgan fingerprint density at radius 1 is 1.57 bits per heavy atom. The van der Waals surface area contributed by atoms with Crippen LogP contribution in [0.1, 0.15) is 11.1 Å². The lowest BCUT2D eigenvalue weighted by Crippen LogP contribution is -1.88. The molecule has 0 aliphatic heterocycles. The van der Waals surface area contributed by atoms with Gasteiger partial charge in [0, 0.05) is 17.1 Å². The van der Waals surface area contributed by atoms with Crippen molar-refractivity contribution in [3.8, 4) is 0 Å². The molecule has 0 aliphatic carbocycles. The minimum Gasteiger partial charge on any atom is -0.399 e. The van der Waals surface area contributed by atoms with Gasteiger partial charge in [-0.15, -0.1) is 0 Å². The first-order valence-corrected chi connectivity index (χ1v) is 4.27. The molecule has 0 aromatic heterocycles. The van der Waals surface area contributed by atoms with E-state index in [1.165, 1.54) is 0 Å². The van der Waals surface area contributed by atoms with Crippen LogP contribution in [-0.2, 0) is 0 Å². The number of nitrogen functional groups attached to an aromatic ring is 1. The molecule has 0 heterocycles. The Morgan fingerprint density at radius 2 is 2.36 bits per heavy atom. The van der Waals surface area contributed by atoms with Gasteiger partial charge < -0.3 is 5.73 Å². The van der Waals surface area contributed by atoms with E-state index >= 15 is 0 Å². The van der Waals surface area contributed by atoms with Crippen LogP contribution < -0.4 is 5.73 Å². The highest BCUT2D eigenvalue weighted by atomic mass is 15.1. The predicted octanol–water partition coefficient (Wildman–Crippen LogP) is 2.90. The van der Waals surface area contributed by atoms with Gasteiger partial charge in [0.1, 0.15) is 0 Å². The second-order valence-corrected chi connectivity index (χ2v) is 2.93. The van der Waals surface area contributed by atoms with E-state index in [1.807, 2.05) is 37.3 Å². The van der Waals surface area contributed by atoms with Gasteiger partial charge >= 0.3 is 0 Å². The molecule has 0 saturated carbocycles. The molecule has 4 nitrogen and oxygen atoms in total. The topological polar surface area (TPSA) is 74.8 Å². The largest absolute Gasteiger partial charge is 0.399 e. The van der Waals surface area contributed by atoms with Gasteiger partial charge in [-0.05, 0) is 29.6 Å². The van der Waals surface area contributed by atoms with Crippen molar-refractivity contribution in [1.82, 2.24) is 0 Å². The van der Waals surface area contributed by atoms with Crippen molar-refractivity contribution in [2.75, 3.05) is 12.3 Å². The van der Waals surface area contributed by atoms with E-state index in [2.05, 4.69) is 10.0 Å². The summed E-state index contributed by atoms with van der Waals surface area (Å²) in [5, 5.41) is 3.40. The van der Waals surface area contributed by atoms with Gasteiger partial charge in [0.2, 0.25) is 0 Å². The molecule has 0 spiro atoms. The van der Waals surface area contributed by atoms with Crippen LogP contribution >= 0.6 is 0 Å². The molecule has 1 aromatic rings. The zero-order valence-electron chi connectivity index (χ0n) is 8.01. The Morgan fingerprint density at radius 3 is 3.00 bits per heavy atom. The maximum Gasteiger partial charge on any atom is 0.0443 e. The summed E-state index contributed by atoms with van der Waals surface area (Å²) in [6.45, 7) is 2.33. The van der Waals surface area contributed by atoms with E-state index in [1.54, 1.807) is 0 Å². The maximum absolute atomic E-state index is 8.05. The van der Waals surface area contributed by atoms with Gasteiger partial charge in [0.15, 0.2) is 0 Å². The van der Waals surface area contributed by atoms with Crippen molar-refractivity contribution < 1.29 is 0 Å². The number of nitrogens with two attached hydrogens (primary N) is 1. The Bertz CT molecular complexity index is 389. The van der Waals surface area contributed by atoms with Gasteiger partial charge in [0.25, 0.3) is 0 Å². The molecule has 72 valence electrons. The van der Waals surface area contributed by atoms with E-state index in [0.29, 0.717) is 6.54 Å². The van der Waals surface area contributed by atoms with Crippen molar-refractivity contribution in [1.29, 1.82) is 0 Å². The lowest BCUT2D eigenvalue weighted by Gasteiger charge is -2.00. The molecule has 0 bridgehead atoms. The molecule has 1 aromatic carbocycles. The fraction of sp³-hybridized carbons (Fsp3) is 0.200.